The summed E-state index contributed by atoms with van der Waals surface area (Å²) in [6.07, 6.45) is 0.920. The predicted octanol–water partition coefficient (Wildman–Crippen LogP) is 2.12. The van der Waals surface area contributed by atoms with Crippen molar-refractivity contribution in [3.8, 4) is 6.07 Å². The maximum absolute atomic E-state index is 11.2. The van der Waals surface area contributed by atoms with E-state index in [1.54, 1.807) is 6.07 Å². The highest BCUT2D eigenvalue weighted by Gasteiger charge is 2.12. The molecule has 3 nitrogen and oxygen atoms in total. The molecule has 0 heterocycles. The first-order chi connectivity index (χ1) is 7.63. The molecule has 1 aromatic carbocycles. The largest absolute Gasteiger partial charge is 0.469 e. The molecule has 0 bridgehead atoms. The standard InChI is InChI=1S/C12H13NO2S/c1-3-8-4-5-9(6-11(14)15-2)10(7-13)12(8)16/h4-5,16H,3,6H2,1-2H3. The number of nitriles is 1. The molecule has 1 rings (SSSR count). The fourth-order valence-corrected chi connectivity index (χ4v) is 1.89. The number of benzene rings is 1. The lowest BCUT2D eigenvalue weighted by atomic mass is 10.0. The molecule has 0 saturated carbocycles. The minimum Gasteiger partial charge on any atom is -0.469 e. The summed E-state index contributed by atoms with van der Waals surface area (Å²) in [5, 5.41) is 9.05. The van der Waals surface area contributed by atoms with Crippen molar-refractivity contribution in [3.05, 3.63) is 28.8 Å². The number of ether oxygens (including phenoxy) is 1. The summed E-state index contributed by atoms with van der Waals surface area (Å²) >= 11 is 4.32. The van der Waals surface area contributed by atoms with Gasteiger partial charge in [-0.25, -0.2) is 0 Å². The Kier molecular flexibility index (Phi) is 4.39. The lowest BCUT2D eigenvalue weighted by Crippen LogP contribution is -2.07. The third-order valence-corrected chi connectivity index (χ3v) is 2.91. The highest BCUT2D eigenvalue weighted by Crippen LogP contribution is 2.23. The molecule has 1 aromatic rings. The van der Waals surface area contributed by atoms with E-state index in [2.05, 4.69) is 23.4 Å². The topological polar surface area (TPSA) is 50.1 Å². The van der Waals surface area contributed by atoms with Gasteiger partial charge < -0.3 is 4.74 Å². The van der Waals surface area contributed by atoms with Crippen molar-refractivity contribution in [1.82, 2.24) is 0 Å². The quantitative estimate of drug-likeness (QED) is 0.645. The Bertz CT molecular complexity index is 449. The normalized spacial score (nSPS) is 9.62. The van der Waals surface area contributed by atoms with Gasteiger partial charge in [0.15, 0.2) is 0 Å². The Morgan fingerprint density at radius 1 is 1.50 bits per heavy atom. The molecule has 84 valence electrons. The number of esters is 1. The second-order valence-corrected chi connectivity index (χ2v) is 3.77. The fourth-order valence-electron chi connectivity index (χ4n) is 1.46. The van der Waals surface area contributed by atoms with Crippen molar-refractivity contribution < 1.29 is 9.53 Å². The summed E-state index contributed by atoms with van der Waals surface area (Å²) in [5.74, 6) is -0.353. The van der Waals surface area contributed by atoms with E-state index in [4.69, 9.17) is 5.26 Å². The van der Waals surface area contributed by atoms with E-state index in [1.165, 1.54) is 7.11 Å². The van der Waals surface area contributed by atoms with E-state index < -0.39 is 0 Å². The molecule has 0 aliphatic carbocycles. The molecule has 0 aromatic heterocycles. The number of methoxy groups -OCH3 is 1. The maximum atomic E-state index is 11.2. The van der Waals surface area contributed by atoms with Crippen molar-refractivity contribution in [3.63, 3.8) is 0 Å². The van der Waals surface area contributed by atoms with Gasteiger partial charge in [-0.15, -0.1) is 12.6 Å². The van der Waals surface area contributed by atoms with Gasteiger partial charge in [0, 0.05) is 4.90 Å². The van der Waals surface area contributed by atoms with Crippen LogP contribution in [0.5, 0.6) is 0 Å². The van der Waals surface area contributed by atoms with Crippen LogP contribution in [0.2, 0.25) is 0 Å². The van der Waals surface area contributed by atoms with Gasteiger partial charge in [0.2, 0.25) is 0 Å². The van der Waals surface area contributed by atoms with Gasteiger partial charge in [0.05, 0.1) is 19.1 Å². The van der Waals surface area contributed by atoms with Crippen LogP contribution in [0.3, 0.4) is 0 Å². The predicted molar refractivity (Wildman–Crippen MR) is 63.5 cm³/mol. The van der Waals surface area contributed by atoms with Crippen molar-refractivity contribution in [2.45, 2.75) is 24.7 Å². The molecule has 0 aliphatic rings. The highest BCUT2D eigenvalue weighted by molar-refractivity contribution is 7.80. The first kappa shape index (κ1) is 12.6. The molecular weight excluding hydrogens is 222 g/mol. The third kappa shape index (κ3) is 2.56. The zero-order valence-electron chi connectivity index (χ0n) is 9.28. The third-order valence-electron chi connectivity index (χ3n) is 2.40. The van der Waals surface area contributed by atoms with Crippen LogP contribution in [-0.4, -0.2) is 13.1 Å². The molecule has 0 atom stereocenters. The number of aryl methyl sites for hydroxylation is 1. The Balaban J connectivity index is 3.17. The first-order valence-corrected chi connectivity index (χ1v) is 5.39. The molecule has 0 saturated heterocycles. The van der Waals surface area contributed by atoms with Gasteiger partial charge in [-0.3, -0.25) is 4.79 Å². The summed E-state index contributed by atoms with van der Waals surface area (Å²) in [7, 11) is 1.33. The van der Waals surface area contributed by atoms with Crippen LogP contribution < -0.4 is 0 Å². The van der Waals surface area contributed by atoms with E-state index >= 15 is 0 Å². The summed E-state index contributed by atoms with van der Waals surface area (Å²) in [6, 6.07) is 5.76. The van der Waals surface area contributed by atoms with Gasteiger partial charge >= 0.3 is 5.97 Å². The van der Waals surface area contributed by atoms with Gasteiger partial charge in [-0.1, -0.05) is 19.1 Å². The lowest BCUT2D eigenvalue weighted by Gasteiger charge is -2.08. The van der Waals surface area contributed by atoms with Crippen molar-refractivity contribution in [1.29, 1.82) is 5.26 Å². The Labute approximate surface area is 100 Å². The summed E-state index contributed by atoms with van der Waals surface area (Å²) in [4.78, 5) is 11.8. The smallest absolute Gasteiger partial charge is 0.310 e. The SMILES string of the molecule is CCc1ccc(CC(=O)OC)c(C#N)c1S. The number of carbonyl (C=O) groups is 1. The fraction of sp³-hybridized carbons (Fsp3) is 0.333. The second-order valence-electron chi connectivity index (χ2n) is 3.33. The summed E-state index contributed by atoms with van der Waals surface area (Å²) in [6.45, 7) is 2.00. The van der Waals surface area contributed by atoms with E-state index in [9.17, 15) is 4.79 Å². The van der Waals surface area contributed by atoms with E-state index in [0.717, 1.165) is 12.0 Å². The van der Waals surface area contributed by atoms with E-state index in [1.807, 2.05) is 13.0 Å². The maximum Gasteiger partial charge on any atom is 0.310 e. The monoisotopic (exact) mass is 235 g/mol. The molecule has 0 radical (unpaired) electrons. The minimum atomic E-state index is -0.353. The molecule has 0 fully saturated rings. The number of nitrogens with zero attached hydrogens (tertiary/aromatic N) is 1. The number of hydrogen-bond donors (Lipinski definition) is 1. The molecule has 0 amide bonds. The second kappa shape index (κ2) is 5.57. The summed E-state index contributed by atoms with van der Waals surface area (Å²) < 4.78 is 4.58. The highest BCUT2D eigenvalue weighted by atomic mass is 32.1. The molecule has 16 heavy (non-hydrogen) atoms. The average molecular weight is 235 g/mol. The Morgan fingerprint density at radius 3 is 2.62 bits per heavy atom. The van der Waals surface area contributed by atoms with Crippen molar-refractivity contribution >= 4 is 18.6 Å². The zero-order valence-corrected chi connectivity index (χ0v) is 10.2. The molecule has 0 aliphatic heterocycles. The van der Waals surface area contributed by atoms with Crippen LogP contribution in [0.15, 0.2) is 17.0 Å². The van der Waals surface area contributed by atoms with Crippen LogP contribution >= 0.6 is 12.6 Å². The van der Waals surface area contributed by atoms with Crippen LogP contribution in [0.1, 0.15) is 23.6 Å². The van der Waals surface area contributed by atoms with E-state index in [-0.39, 0.29) is 12.4 Å². The number of rotatable bonds is 3. The van der Waals surface area contributed by atoms with Gasteiger partial charge in [0.1, 0.15) is 6.07 Å². The van der Waals surface area contributed by atoms with Crippen LogP contribution in [0.25, 0.3) is 0 Å². The van der Waals surface area contributed by atoms with Crippen LogP contribution in [0.4, 0.5) is 0 Å². The Hall–Kier alpha value is -1.47. The number of hydrogen-bond acceptors (Lipinski definition) is 4. The lowest BCUT2D eigenvalue weighted by molar-refractivity contribution is -0.139. The molecule has 0 spiro atoms. The minimum absolute atomic E-state index is 0.108. The number of carbonyl (C=O) groups excluding carboxylic acids is 1. The average Bonchev–Trinajstić information content (AvgIpc) is 2.29. The van der Waals surface area contributed by atoms with Crippen molar-refractivity contribution in [2.24, 2.45) is 0 Å². The van der Waals surface area contributed by atoms with Crippen LogP contribution in [-0.2, 0) is 22.4 Å². The number of thiol groups is 1. The zero-order chi connectivity index (χ0) is 12.1. The van der Waals surface area contributed by atoms with Gasteiger partial charge in [-0.05, 0) is 17.5 Å². The van der Waals surface area contributed by atoms with Crippen LogP contribution in [0, 0.1) is 11.3 Å². The Morgan fingerprint density at radius 2 is 2.12 bits per heavy atom. The van der Waals surface area contributed by atoms with Gasteiger partial charge in [0.25, 0.3) is 0 Å². The van der Waals surface area contributed by atoms with E-state index in [0.29, 0.717) is 16.0 Å². The summed E-state index contributed by atoms with van der Waals surface area (Å²) in [5.41, 5.74) is 2.14. The molecule has 4 heteroatoms. The molecule has 0 unspecified atom stereocenters. The molecular formula is C12H13NO2S. The van der Waals surface area contributed by atoms with Gasteiger partial charge in [-0.2, -0.15) is 5.26 Å². The first-order valence-electron chi connectivity index (χ1n) is 4.94. The van der Waals surface area contributed by atoms with Crippen molar-refractivity contribution in [2.75, 3.05) is 7.11 Å². The molecule has 0 N–H and O–H groups in total.